The lowest BCUT2D eigenvalue weighted by Gasteiger charge is -2.37. The van der Waals surface area contributed by atoms with Crippen molar-refractivity contribution in [2.75, 3.05) is 20.7 Å². The molecule has 0 heterocycles. The van der Waals surface area contributed by atoms with Gasteiger partial charge in [-0.15, -0.1) is 0 Å². The van der Waals surface area contributed by atoms with Gasteiger partial charge in [0, 0.05) is 12.1 Å². The van der Waals surface area contributed by atoms with Gasteiger partial charge in [0.25, 0.3) is 0 Å². The molecule has 0 saturated heterocycles. The summed E-state index contributed by atoms with van der Waals surface area (Å²) in [5.74, 6) is -0.165. The lowest BCUT2D eigenvalue weighted by molar-refractivity contribution is -0.151. The third-order valence-corrected chi connectivity index (χ3v) is 4.20. The molecule has 0 aliphatic heterocycles. The number of hydrogen-bond donors (Lipinski definition) is 1. The summed E-state index contributed by atoms with van der Waals surface area (Å²) in [6.07, 6.45) is 3.01. The predicted octanol–water partition coefficient (Wildman–Crippen LogP) is 2.43. The van der Waals surface area contributed by atoms with Gasteiger partial charge in [-0.2, -0.15) is 0 Å². The van der Waals surface area contributed by atoms with Crippen molar-refractivity contribution in [3.05, 3.63) is 0 Å². The standard InChI is InChI=1S/C15H32N2O2/c1-8-13(9-2)17(7)12(4)11-15(5,16-6)14(18)19-10-3/h12-13,16H,8-11H2,1-7H3. The molecule has 0 spiro atoms. The molecule has 4 nitrogen and oxygen atoms in total. The van der Waals surface area contributed by atoms with Crippen molar-refractivity contribution < 1.29 is 9.53 Å². The van der Waals surface area contributed by atoms with Gasteiger partial charge in [-0.25, -0.2) is 0 Å². The second kappa shape index (κ2) is 8.54. The molecular formula is C15H32N2O2. The Morgan fingerprint density at radius 3 is 2.21 bits per heavy atom. The van der Waals surface area contributed by atoms with E-state index in [1.54, 1.807) is 0 Å². The summed E-state index contributed by atoms with van der Waals surface area (Å²) in [7, 11) is 3.96. The molecule has 0 amide bonds. The van der Waals surface area contributed by atoms with Crippen molar-refractivity contribution in [1.82, 2.24) is 10.2 Å². The van der Waals surface area contributed by atoms with Crippen molar-refractivity contribution in [3.63, 3.8) is 0 Å². The summed E-state index contributed by atoms with van der Waals surface area (Å²) in [5.41, 5.74) is -0.615. The average Bonchev–Trinajstić information content (AvgIpc) is 2.39. The molecule has 0 aliphatic carbocycles. The highest BCUT2D eigenvalue weighted by atomic mass is 16.5. The molecule has 2 atom stereocenters. The number of likely N-dealkylation sites (N-methyl/N-ethyl adjacent to an activating group) is 1. The van der Waals surface area contributed by atoms with Crippen LogP contribution in [0.15, 0.2) is 0 Å². The minimum Gasteiger partial charge on any atom is -0.465 e. The van der Waals surface area contributed by atoms with E-state index in [1.165, 1.54) is 0 Å². The number of carbonyl (C=O) groups excluding carboxylic acids is 1. The summed E-state index contributed by atoms with van der Waals surface area (Å²) in [4.78, 5) is 14.4. The van der Waals surface area contributed by atoms with Crippen LogP contribution in [0, 0.1) is 0 Å². The number of nitrogens with one attached hydrogen (secondary N) is 1. The van der Waals surface area contributed by atoms with Gasteiger partial charge in [0.15, 0.2) is 0 Å². The fourth-order valence-corrected chi connectivity index (χ4v) is 2.54. The van der Waals surface area contributed by atoms with E-state index < -0.39 is 5.54 Å². The average molecular weight is 272 g/mol. The second-order valence-electron chi connectivity index (χ2n) is 5.49. The van der Waals surface area contributed by atoms with Crippen molar-refractivity contribution in [2.24, 2.45) is 0 Å². The Morgan fingerprint density at radius 1 is 1.32 bits per heavy atom. The van der Waals surface area contributed by atoms with E-state index in [4.69, 9.17) is 4.74 Å². The number of rotatable bonds is 9. The number of esters is 1. The van der Waals surface area contributed by atoms with Crippen LogP contribution in [0.2, 0.25) is 0 Å². The van der Waals surface area contributed by atoms with E-state index in [1.807, 2.05) is 20.9 Å². The molecule has 114 valence electrons. The van der Waals surface area contributed by atoms with Gasteiger partial charge in [0.1, 0.15) is 5.54 Å². The first-order chi connectivity index (χ1) is 8.86. The van der Waals surface area contributed by atoms with Crippen molar-refractivity contribution in [1.29, 1.82) is 0 Å². The fraction of sp³-hybridized carbons (Fsp3) is 0.933. The van der Waals surface area contributed by atoms with E-state index in [2.05, 4.69) is 38.0 Å². The Bertz CT molecular complexity index is 267. The van der Waals surface area contributed by atoms with Crippen molar-refractivity contribution in [2.45, 2.75) is 71.5 Å². The normalized spacial score (nSPS) is 16.5. The molecule has 0 aromatic heterocycles. The highest BCUT2D eigenvalue weighted by molar-refractivity contribution is 5.80. The van der Waals surface area contributed by atoms with Crippen LogP contribution >= 0.6 is 0 Å². The highest BCUT2D eigenvalue weighted by Gasteiger charge is 2.36. The van der Waals surface area contributed by atoms with Gasteiger partial charge in [-0.3, -0.25) is 4.79 Å². The molecule has 0 radical (unpaired) electrons. The van der Waals surface area contributed by atoms with Crippen LogP contribution in [0.3, 0.4) is 0 Å². The summed E-state index contributed by atoms with van der Waals surface area (Å²) >= 11 is 0. The molecule has 0 bridgehead atoms. The monoisotopic (exact) mass is 272 g/mol. The zero-order valence-electron chi connectivity index (χ0n) is 13.7. The Morgan fingerprint density at radius 2 is 1.84 bits per heavy atom. The van der Waals surface area contributed by atoms with Crippen molar-refractivity contribution >= 4 is 5.97 Å². The molecule has 0 aromatic carbocycles. The quantitative estimate of drug-likeness (QED) is 0.655. The SMILES string of the molecule is CCOC(=O)C(C)(CC(C)N(C)C(CC)CC)NC. The van der Waals surface area contributed by atoms with E-state index in [0.29, 0.717) is 18.7 Å². The lowest BCUT2D eigenvalue weighted by Crippen LogP contribution is -2.53. The molecule has 0 fully saturated rings. The Labute approximate surface area is 118 Å². The third-order valence-electron chi connectivity index (χ3n) is 4.20. The van der Waals surface area contributed by atoms with Crippen molar-refractivity contribution in [3.8, 4) is 0 Å². The van der Waals surface area contributed by atoms with E-state index in [9.17, 15) is 4.79 Å². The summed E-state index contributed by atoms with van der Waals surface area (Å²) in [6.45, 7) is 10.8. The van der Waals surface area contributed by atoms with Crippen LogP contribution in [0.5, 0.6) is 0 Å². The van der Waals surface area contributed by atoms with E-state index >= 15 is 0 Å². The van der Waals surface area contributed by atoms with Crippen LogP contribution in [0.25, 0.3) is 0 Å². The largest absolute Gasteiger partial charge is 0.465 e. The first kappa shape index (κ1) is 18.4. The van der Waals surface area contributed by atoms with Gasteiger partial charge < -0.3 is 15.0 Å². The maximum absolute atomic E-state index is 12.1. The van der Waals surface area contributed by atoms with Crippen LogP contribution < -0.4 is 5.32 Å². The summed E-state index contributed by atoms with van der Waals surface area (Å²) < 4.78 is 5.17. The molecule has 0 saturated carbocycles. The smallest absolute Gasteiger partial charge is 0.326 e. The fourth-order valence-electron chi connectivity index (χ4n) is 2.54. The number of nitrogens with zero attached hydrogens (tertiary/aromatic N) is 1. The Hall–Kier alpha value is -0.610. The van der Waals surface area contributed by atoms with Crippen LogP contribution in [-0.2, 0) is 9.53 Å². The summed E-state index contributed by atoms with van der Waals surface area (Å²) in [6, 6.07) is 0.894. The summed E-state index contributed by atoms with van der Waals surface area (Å²) in [5, 5.41) is 3.12. The zero-order valence-corrected chi connectivity index (χ0v) is 13.7. The molecule has 4 heteroatoms. The number of carbonyl (C=O) groups is 1. The van der Waals surface area contributed by atoms with E-state index in [0.717, 1.165) is 19.3 Å². The molecule has 0 rings (SSSR count). The van der Waals surface area contributed by atoms with Crippen LogP contribution in [0.4, 0.5) is 0 Å². The molecular weight excluding hydrogens is 240 g/mol. The highest BCUT2D eigenvalue weighted by Crippen LogP contribution is 2.20. The van der Waals surface area contributed by atoms with Gasteiger partial charge >= 0.3 is 5.97 Å². The topological polar surface area (TPSA) is 41.6 Å². The van der Waals surface area contributed by atoms with Gasteiger partial charge in [0.05, 0.1) is 6.61 Å². The first-order valence-corrected chi connectivity index (χ1v) is 7.44. The molecule has 1 N–H and O–H groups in total. The van der Waals surface area contributed by atoms with E-state index in [-0.39, 0.29) is 5.97 Å². The number of hydrogen-bond acceptors (Lipinski definition) is 4. The maximum atomic E-state index is 12.1. The lowest BCUT2D eigenvalue weighted by atomic mass is 9.92. The second-order valence-corrected chi connectivity index (χ2v) is 5.49. The zero-order chi connectivity index (χ0) is 15.1. The minimum absolute atomic E-state index is 0.165. The van der Waals surface area contributed by atoms with Gasteiger partial charge in [0.2, 0.25) is 0 Å². The maximum Gasteiger partial charge on any atom is 0.326 e. The molecule has 19 heavy (non-hydrogen) atoms. The van der Waals surface area contributed by atoms with Crippen LogP contribution in [0.1, 0.15) is 53.9 Å². The Kier molecular flexibility index (Phi) is 8.26. The predicted molar refractivity (Wildman–Crippen MR) is 80.3 cm³/mol. The molecule has 2 unspecified atom stereocenters. The molecule has 0 aliphatic rings. The minimum atomic E-state index is -0.615. The number of ether oxygens (including phenoxy) is 1. The first-order valence-electron chi connectivity index (χ1n) is 7.44. The van der Waals surface area contributed by atoms with Gasteiger partial charge in [-0.05, 0) is 54.1 Å². The Balaban J connectivity index is 4.73. The molecule has 0 aromatic rings. The third kappa shape index (κ3) is 5.11. The van der Waals surface area contributed by atoms with Gasteiger partial charge in [-0.1, -0.05) is 13.8 Å². The van der Waals surface area contributed by atoms with Crippen LogP contribution in [-0.4, -0.2) is 49.2 Å².